The van der Waals surface area contributed by atoms with Crippen LogP contribution in [0.25, 0.3) is 22.3 Å². The van der Waals surface area contributed by atoms with E-state index in [0.29, 0.717) is 12.2 Å². The topological polar surface area (TPSA) is 88.3 Å². The smallest absolute Gasteiger partial charge is 0.319 e. The average Bonchev–Trinajstić information content (AvgIpc) is 3.38. The molecule has 7 nitrogen and oxygen atoms in total. The lowest BCUT2D eigenvalue weighted by Gasteiger charge is -2.15. The van der Waals surface area contributed by atoms with Crippen LogP contribution >= 0.6 is 0 Å². The number of nitrogens with zero attached hydrogens (tertiary/aromatic N) is 1. The van der Waals surface area contributed by atoms with Crippen LogP contribution in [-0.4, -0.2) is 30.4 Å². The minimum absolute atomic E-state index is 0.298. The molecule has 0 fully saturated rings. The lowest BCUT2D eigenvalue weighted by atomic mass is 9.98. The number of benzene rings is 3. The zero-order valence-electron chi connectivity index (χ0n) is 17.9. The van der Waals surface area contributed by atoms with Gasteiger partial charge in [-0.25, -0.2) is 4.79 Å². The molecule has 0 bridgehead atoms. The molecule has 162 valence electrons. The number of carbonyl (C=O) groups is 1. The van der Waals surface area contributed by atoms with Crippen LogP contribution in [0.2, 0.25) is 0 Å². The molecule has 2 amide bonds. The van der Waals surface area contributed by atoms with Crippen molar-refractivity contribution in [1.29, 1.82) is 0 Å². The van der Waals surface area contributed by atoms with Crippen LogP contribution in [0, 0.1) is 0 Å². The predicted molar refractivity (Wildman–Crippen MR) is 125 cm³/mol. The minimum Gasteiger partial charge on any atom is -0.497 e. The zero-order chi connectivity index (χ0) is 22.3. The normalized spacial score (nSPS) is 10.4. The van der Waals surface area contributed by atoms with Crippen LogP contribution < -0.4 is 20.1 Å². The number of methoxy groups -OCH3 is 2. The van der Waals surface area contributed by atoms with Crippen molar-refractivity contribution in [3.8, 4) is 33.8 Å². The van der Waals surface area contributed by atoms with E-state index in [2.05, 4.69) is 20.8 Å². The van der Waals surface area contributed by atoms with Gasteiger partial charge in [-0.3, -0.25) is 5.10 Å². The Kier molecular flexibility index (Phi) is 6.36. The SMILES string of the molecule is COc1cccc(CNC(=O)Nc2ccc(-c3cn[nH]c3)cc2-c2cccc(OC)c2)c1. The highest BCUT2D eigenvalue weighted by molar-refractivity contribution is 5.95. The van der Waals surface area contributed by atoms with Gasteiger partial charge in [0, 0.05) is 23.9 Å². The summed E-state index contributed by atoms with van der Waals surface area (Å²) in [4.78, 5) is 12.7. The maximum Gasteiger partial charge on any atom is 0.319 e. The summed E-state index contributed by atoms with van der Waals surface area (Å²) in [6.07, 6.45) is 3.59. The first-order chi connectivity index (χ1) is 15.7. The summed E-state index contributed by atoms with van der Waals surface area (Å²) >= 11 is 0. The van der Waals surface area contributed by atoms with Gasteiger partial charge in [-0.1, -0.05) is 30.3 Å². The van der Waals surface area contributed by atoms with E-state index in [0.717, 1.165) is 39.3 Å². The Hall–Kier alpha value is -4.26. The summed E-state index contributed by atoms with van der Waals surface area (Å²) in [6, 6.07) is 20.9. The first-order valence-corrected chi connectivity index (χ1v) is 10.1. The molecule has 0 unspecified atom stereocenters. The number of aromatic nitrogens is 2. The van der Waals surface area contributed by atoms with E-state index in [9.17, 15) is 4.79 Å². The van der Waals surface area contributed by atoms with Crippen molar-refractivity contribution in [2.75, 3.05) is 19.5 Å². The van der Waals surface area contributed by atoms with Crippen LogP contribution in [0.1, 0.15) is 5.56 Å². The van der Waals surface area contributed by atoms with E-state index in [1.54, 1.807) is 20.4 Å². The van der Waals surface area contributed by atoms with E-state index in [1.807, 2.05) is 72.9 Å². The Bertz CT molecular complexity index is 1210. The lowest BCUT2D eigenvalue weighted by molar-refractivity contribution is 0.251. The van der Waals surface area contributed by atoms with Gasteiger partial charge in [-0.05, 0) is 53.1 Å². The molecule has 32 heavy (non-hydrogen) atoms. The molecule has 0 saturated carbocycles. The van der Waals surface area contributed by atoms with Gasteiger partial charge in [0.05, 0.1) is 26.1 Å². The molecule has 0 aliphatic heterocycles. The van der Waals surface area contributed by atoms with Crippen molar-refractivity contribution in [2.24, 2.45) is 0 Å². The standard InChI is InChI=1S/C25H24N4O3/c1-31-21-7-3-5-17(11-21)14-26-25(30)29-24-10-9-18(20-15-27-28-16-20)13-23(24)19-6-4-8-22(12-19)32-2/h3-13,15-16H,14H2,1-2H3,(H,27,28)(H2,26,29,30). The molecule has 4 aromatic rings. The molecule has 4 rings (SSSR count). The third-order valence-electron chi connectivity index (χ3n) is 5.07. The fourth-order valence-corrected chi connectivity index (χ4v) is 3.40. The summed E-state index contributed by atoms with van der Waals surface area (Å²) in [5.74, 6) is 1.49. The molecule has 3 N–H and O–H groups in total. The number of carbonyl (C=O) groups excluding carboxylic acids is 1. The van der Waals surface area contributed by atoms with Crippen LogP contribution in [-0.2, 0) is 6.54 Å². The number of anilines is 1. The molecular formula is C25H24N4O3. The number of urea groups is 1. The van der Waals surface area contributed by atoms with Gasteiger partial charge < -0.3 is 20.1 Å². The maximum atomic E-state index is 12.7. The minimum atomic E-state index is -0.298. The number of hydrogen-bond acceptors (Lipinski definition) is 4. The van der Waals surface area contributed by atoms with Crippen molar-refractivity contribution in [2.45, 2.75) is 6.54 Å². The Morgan fingerprint density at radius 1 is 0.906 bits per heavy atom. The first-order valence-electron chi connectivity index (χ1n) is 10.1. The molecule has 0 radical (unpaired) electrons. The molecule has 0 atom stereocenters. The fraction of sp³-hybridized carbons (Fsp3) is 0.120. The summed E-state index contributed by atoms with van der Waals surface area (Å²) in [5.41, 5.74) is 5.38. The largest absolute Gasteiger partial charge is 0.497 e. The number of rotatable bonds is 7. The second-order valence-corrected chi connectivity index (χ2v) is 7.14. The van der Waals surface area contributed by atoms with Gasteiger partial charge in [-0.15, -0.1) is 0 Å². The van der Waals surface area contributed by atoms with Gasteiger partial charge in [-0.2, -0.15) is 5.10 Å². The second-order valence-electron chi connectivity index (χ2n) is 7.14. The Balaban J connectivity index is 1.58. The quantitative estimate of drug-likeness (QED) is 0.383. The van der Waals surface area contributed by atoms with E-state index in [4.69, 9.17) is 9.47 Å². The molecule has 0 aliphatic rings. The highest BCUT2D eigenvalue weighted by Crippen LogP contribution is 2.34. The summed E-state index contributed by atoms with van der Waals surface area (Å²) in [5, 5.41) is 12.7. The molecule has 1 aromatic heterocycles. The molecule has 0 spiro atoms. The van der Waals surface area contributed by atoms with E-state index < -0.39 is 0 Å². The number of H-pyrrole nitrogens is 1. The van der Waals surface area contributed by atoms with Gasteiger partial charge in [0.2, 0.25) is 0 Å². The number of aromatic amines is 1. The molecule has 0 aliphatic carbocycles. The molecule has 0 saturated heterocycles. The highest BCUT2D eigenvalue weighted by atomic mass is 16.5. The molecular weight excluding hydrogens is 404 g/mol. The summed E-state index contributed by atoms with van der Waals surface area (Å²) in [6.45, 7) is 0.380. The molecule has 1 heterocycles. The van der Waals surface area contributed by atoms with Crippen LogP contribution in [0.4, 0.5) is 10.5 Å². The third-order valence-corrected chi connectivity index (χ3v) is 5.07. The molecule has 7 heteroatoms. The van der Waals surface area contributed by atoms with Crippen molar-refractivity contribution in [1.82, 2.24) is 15.5 Å². The van der Waals surface area contributed by atoms with Gasteiger partial charge in [0.1, 0.15) is 11.5 Å². The van der Waals surface area contributed by atoms with Crippen LogP contribution in [0.3, 0.4) is 0 Å². The summed E-state index contributed by atoms with van der Waals surface area (Å²) in [7, 11) is 3.25. The number of ether oxygens (including phenoxy) is 2. The summed E-state index contributed by atoms with van der Waals surface area (Å²) < 4.78 is 10.6. The van der Waals surface area contributed by atoms with Crippen molar-refractivity contribution in [3.05, 3.63) is 84.7 Å². The van der Waals surface area contributed by atoms with Crippen molar-refractivity contribution >= 4 is 11.7 Å². The Morgan fingerprint density at radius 2 is 1.69 bits per heavy atom. The number of hydrogen-bond donors (Lipinski definition) is 3. The van der Waals surface area contributed by atoms with Crippen LogP contribution in [0.5, 0.6) is 11.5 Å². The first kappa shape index (κ1) is 21.0. The van der Waals surface area contributed by atoms with Gasteiger partial charge in [0.25, 0.3) is 0 Å². The molecule has 3 aromatic carbocycles. The third kappa shape index (κ3) is 4.89. The maximum absolute atomic E-state index is 12.7. The fourth-order valence-electron chi connectivity index (χ4n) is 3.40. The van der Waals surface area contributed by atoms with E-state index in [1.165, 1.54) is 0 Å². The lowest BCUT2D eigenvalue weighted by Crippen LogP contribution is -2.28. The average molecular weight is 428 g/mol. The monoisotopic (exact) mass is 428 g/mol. The van der Waals surface area contributed by atoms with E-state index in [-0.39, 0.29) is 6.03 Å². The van der Waals surface area contributed by atoms with Gasteiger partial charge >= 0.3 is 6.03 Å². The zero-order valence-corrected chi connectivity index (χ0v) is 17.9. The van der Waals surface area contributed by atoms with Crippen LogP contribution in [0.15, 0.2) is 79.1 Å². The highest BCUT2D eigenvalue weighted by Gasteiger charge is 2.12. The Labute approximate surface area is 186 Å². The predicted octanol–water partition coefficient (Wildman–Crippen LogP) is 5.08. The van der Waals surface area contributed by atoms with E-state index >= 15 is 0 Å². The number of amides is 2. The van der Waals surface area contributed by atoms with Gasteiger partial charge in [0.15, 0.2) is 0 Å². The van der Waals surface area contributed by atoms with Crippen molar-refractivity contribution < 1.29 is 14.3 Å². The number of nitrogens with one attached hydrogen (secondary N) is 3. The second kappa shape index (κ2) is 9.70. The van der Waals surface area contributed by atoms with Crippen molar-refractivity contribution in [3.63, 3.8) is 0 Å². The Morgan fingerprint density at radius 3 is 2.44 bits per heavy atom.